The molecular formula is C22H19FN6O2. The van der Waals surface area contributed by atoms with E-state index in [9.17, 15) is 9.18 Å². The lowest BCUT2D eigenvalue weighted by Gasteiger charge is -2.05. The van der Waals surface area contributed by atoms with Crippen LogP contribution in [0, 0.1) is 5.82 Å². The zero-order valence-corrected chi connectivity index (χ0v) is 16.7. The Hall–Kier alpha value is -4.01. The lowest BCUT2D eigenvalue weighted by atomic mass is 10.2. The van der Waals surface area contributed by atoms with Gasteiger partial charge in [-0.15, -0.1) is 5.10 Å². The third-order valence-electron chi connectivity index (χ3n) is 5.29. The number of hydrogen-bond acceptors (Lipinski definition) is 5. The van der Waals surface area contributed by atoms with Gasteiger partial charge in [0.25, 0.3) is 5.91 Å². The monoisotopic (exact) mass is 418 g/mol. The van der Waals surface area contributed by atoms with Gasteiger partial charge in [0.2, 0.25) is 5.95 Å². The normalized spacial score (nSPS) is 12.6. The highest BCUT2D eigenvalue weighted by Gasteiger charge is 2.27. The number of anilines is 1. The molecule has 4 aromatic rings. The summed E-state index contributed by atoms with van der Waals surface area (Å²) in [6.07, 6.45) is 2.51. The van der Waals surface area contributed by atoms with E-state index in [-0.39, 0.29) is 17.7 Å². The number of benzene rings is 2. The molecule has 1 aliphatic carbocycles. The smallest absolute Gasteiger partial charge is 0.278 e. The molecule has 0 aliphatic heterocycles. The van der Waals surface area contributed by atoms with Crippen molar-refractivity contribution >= 4 is 11.9 Å². The highest BCUT2D eigenvalue weighted by Crippen LogP contribution is 2.29. The summed E-state index contributed by atoms with van der Waals surface area (Å²) in [5, 5.41) is 14.2. The fourth-order valence-electron chi connectivity index (χ4n) is 3.85. The zero-order chi connectivity index (χ0) is 21.4. The van der Waals surface area contributed by atoms with Crippen LogP contribution in [-0.2, 0) is 12.8 Å². The van der Waals surface area contributed by atoms with Crippen LogP contribution < -0.4 is 10.1 Å². The van der Waals surface area contributed by atoms with E-state index in [0.717, 1.165) is 41.8 Å². The number of nitrogens with zero attached hydrogens (tertiary/aromatic N) is 4. The van der Waals surface area contributed by atoms with Crippen LogP contribution in [0.25, 0.3) is 17.1 Å². The Morgan fingerprint density at radius 2 is 1.97 bits per heavy atom. The number of halogens is 1. The number of aromatic nitrogens is 5. The highest BCUT2D eigenvalue weighted by molar-refractivity contribution is 6.03. The van der Waals surface area contributed by atoms with E-state index in [4.69, 9.17) is 4.74 Å². The van der Waals surface area contributed by atoms with Crippen molar-refractivity contribution in [3.8, 4) is 22.8 Å². The van der Waals surface area contributed by atoms with Gasteiger partial charge in [-0.2, -0.15) is 10.1 Å². The van der Waals surface area contributed by atoms with Gasteiger partial charge in [-0.05, 0) is 55.7 Å². The largest absolute Gasteiger partial charge is 0.496 e. The van der Waals surface area contributed by atoms with Gasteiger partial charge in [-0.25, -0.2) is 9.07 Å². The fourth-order valence-corrected chi connectivity index (χ4v) is 3.85. The first-order valence-electron chi connectivity index (χ1n) is 9.88. The Morgan fingerprint density at radius 1 is 1.16 bits per heavy atom. The molecule has 156 valence electrons. The fraction of sp³-hybridized carbons (Fsp3) is 0.182. The minimum absolute atomic E-state index is 0.147. The third-order valence-corrected chi connectivity index (χ3v) is 5.29. The number of carbonyl (C=O) groups excluding carboxylic acids is 1. The first-order chi connectivity index (χ1) is 15.1. The van der Waals surface area contributed by atoms with Crippen LogP contribution in [0.15, 0.2) is 48.5 Å². The summed E-state index contributed by atoms with van der Waals surface area (Å²) in [4.78, 5) is 17.3. The number of fused-ring (bicyclic) bond motifs is 1. The predicted molar refractivity (Wildman–Crippen MR) is 112 cm³/mol. The van der Waals surface area contributed by atoms with E-state index in [1.54, 1.807) is 23.9 Å². The number of H-pyrrole nitrogens is 1. The summed E-state index contributed by atoms with van der Waals surface area (Å²) in [7, 11) is 1.58. The third kappa shape index (κ3) is 3.43. The SMILES string of the molecule is COc1ccccc1-c1nc(NC(=O)c2nn(-c3ccc(F)cc3)c3c2CCC3)n[nH]1. The molecule has 2 aromatic carbocycles. The summed E-state index contributed by atoms with van der Waals surface area (Å²) in [6, 6.07) is 13.5. The van der Waals surface area contributed by atoms with Gasteiger partial charge in [0.1, 0.15) is 11.6 Å². The molecule has 1 amide bonds. The topological polar surface area (TPSA) is 97.7 Å². The van der Waals surface area contributed by atoms with Gasteiger partial charge in [0, 0.05) is 11.3 Å². The number of aromatic amines is 1. The van der Waals surface area contributed by atoms with Crippen molar-refractivity contribution < 1.29 is 13.9 Å². The number of nitrogens with one attached hydrogen (secondary N) is 2. The van der Waals surface area contributed by atoms with Crippen molar-refractivity contribution in [2.75, 3.05) is 12.4 Å². The van der Waals surface area contributed by atoms with E-state index in [2.05, 4.69) is 25.6 Å². The van der Waals surface area contributed by atoms with Gasteiger partial charge in [0.15, 0.2) is 11.5 Å². The van der Waals surface area contributed by atoms with Gasteiger partial charge in [-0.1, -0.05) is 12.1 Å². The Bertz CT molecular complexity index is 1260. The molecule has 1 aliphatic rings. The van der Waals surface area contributed by atoms with Crippen LogP contribution in [-0.4, -0.2) is 38.0 Å². The Labute approximate surface area is 177 Å². The zero-order valence-electron chi connectivity index (χ0n) is 16.7. The summed E-state index contributed by atoms with van der Waals surface area (Å²) in [5.41, 5.74) is 3.67. The van der Waals surface area contributed by atoms with E-state index >= 15 is 0 Å². The second-order valence-corrected chi connectivity index (χ2v) is 7.18. The highest BCUT2D eigenvalue weighted by atomic mass is 19.1. The molecule has 0 saturated carbocycles. The molecule has 2 aromatic heterocycles. The molecule has 0 radical (unpaired) electrons. The number of rotatable bonds is 5. The molecule has 31 heavy (non-hydrogen) atoms. The Kier molecular flexibility index (Phi) is 4.70. The first kappa shape index (κ1) is 19.0. The van der Waals surface area contributed by atoms with Crippen molar-refractivity contribution in [1.29, 1.82) is 0 Å². The van der Waals surface area contributed by atoms with Gasteiger partial charge in [-0.3, -0.25) is 15.2 Å². The number of carbonyl (C=O) groups is 1. The van der Waals surface area contributed by atoms with E-state index in [0.29, 0.717) is 17.3 Å². The average Bonchev–Trinajstić information content (AvgIpc) is 3.51. The molecule has 2 heterocycles. The summed E-state index contributed by atoms with van der Waals surface area (Å²) in [5.74, 6) is 0.571. The second kappa shape index (κ2) is 7.67. The van der Waals surface area contributed by atoms with Crippen LogP contribution in [0.4, 0.5) is 10.3 Å². The van der Waals surface area contributed by atoms with Gasteiger partial charge in [0.05, 0.1) is 18.4 Å². The number of ether oxygens (including phenoxy) is 1. The van der Waals surface area contributed by atoms with Crippen LogP contribution in [0.3, 0.4) is 0 Å². The average molecular weight is 418 g/mol. The molecular weight excluding hydrogens is 399 g/mol. The molecule has 8 nitrogen and oxygen atoms in total. The molecule has 9 heteroatoms. The quantitative estimate of drug-likeness (QED) is 0.517. The maximum atomic E-state index is 13.3. The molecule has 0 unspecified atom stereocenters. The van der Waals surface area contributed by atoms with E-state index in [1.165, 1.54) is 12.1 Å². The standard InChI is InChI=1S/C22H19FN6O2/c1-31-18-8-3-2-5-16(18)20-24-22(27-26-20)25-21(30)19-15-6-4-7-17(15)29(28-19)14-11-9-13(23)10-12-14/h2-3,5,8-12H,4,6-7H2,1H3,(H2,24,25,26,27,30). The van der Waals surface area contributed by atoms with Gasteiger partial charge < -0.3 is 4.74 Å². The molecule has 0 saturated heterocycles. The Morgan fingerprint density at radius 3 is 2.77 bits per heavy atom. The van der Waals surface area contributed by atoms with Crippen molar-refractivity contribution in [3.63, 3.8) is 0 Å². The molecule has 0 fully saturated rings. The minimum atomic E-state index is -0.385. The second-order valence-electron chi connectivity index (χ2n) is 7.18. The molecule has 0 atom stereocenters. The molecule has 0 spiro atoms. The first-order valence-corrected chi connectivity index (χ1v) is 9.88. The lowest BCUT2D eigenvalue weighted by Crippen LogP contribution is -2.16. The number of amides is 1. The van der Waals surface area contributed by atoms with E-state index < -0.39 is 0 Å². The summed E-state index contributed by atoms with van der Waals surface area (Å²) in [6.45, 7) is 0. The van der Waals surface area contributed by atoms with Crippen LogP contribution in [0.2, 0.25) is 0 Å². The molecule has 0 bridgehead atoms. The van der Waals surface area contributed by atoms with E-state index in [1.807, 2.05) is 24.3 Å². The van der Waals surface area contributed by atoms with Crippen LogP contribution in [0.5, 0.6) is 5.75 Å². The summed E-state index contributed by atoms with van der Waals surface area (Å²) >= 11 is 0. The maximum Gasteiger partial charge on any atom is 0.278 e. The van der Waals surface area contributed by atoms with Crippen molar-refractivity contribution in [2.24, 2.45) is 0 Å². The summed E-state index contributed by atoms with van der Waals surface area (Å²) < 4.78 is 20.4. The number of hydrogen-bond donors (Lipinski definition) is 2. The molecule has 2 N–H and O–H groups in total. The van der Waals surface area contributed by atoms with Crippen LogP contribution in [0.1, 0.15) is 28.2 Å². The van der Waals surface area contributed by atoms with Crippen molar-refractivity contribution in [1.82, 2.24) is 25.0 Å². The van der Waals surface area contributed by atoms with Crippen molar-refractivity contribution in [2.45, 2.75) is 19.3 Å². The van der Waals surface area contributed by atoms with Crippen molar-refractivity contribution in [3.05, 3.63) is 71.3 Å². The Balaban J connectivity index is 1.42. The minimum Gasteiger partial charge on any atom is -0.496 e. The maximum absolute atomic E-state index is 13.3. The lowest BCUT2D eigenvalue weighted by molar-refractivity contribution is 0.102. The number of para-hydroxylation sites is 1. The number of methoxy groups -OCH3 is 1. The molecule has 5 rings (SSSR count). The predicted octanol–water partition coefficient (Wildman–Crippen LogP) is 3.55. The van der Waals surface area contributed by atoms with Gasteiger partial charge >= 0.3 is 0 Å². The van der Waals surface area contributed by atoms with Crippen LogP contribution >= 0.6 is 0 Å².